The van der Waals surface area contributed by atoms with E-state index >= 15 is 0 Å². The van der Waals surface area contributed by atoms with Crippen LogP contribution >= 0.6 is 11.5 Å². The molecule has 0 fully saturated rings. The molecule has 0 aromatic carbocycles. The number of hydrogen-bond acceptors (Lipinski definition) is 6. The van der Waals surface area contributed by atoms with Gasteiger partial charge in [0.25, 0.3) is 0 Å². The highest BCUT2D eigenvalue weighted by Crippen LogP contribution is 1.91. The number of aromatic amines is 1. The van der Waals surface area contributed by atoms with Gasteiger partial charge in [-0.2, -0.15) is 8.66 Å². The van der Waals surface area contributed by atoms with E-state index in [1.807, 2.05) is 0 Å². The fourth-order valence-corrected chi connectivity index (χ4v) is 1.50. The first kappa shape index (κ1) is 11.0. The minimum Gasteiger partial charge on any atom is -0.300 e. The molecule has 1 aromatic heterocycles. The van der Waals surface area contributed by atoms with Crippen molar-refractivity contribution in [2.24, 2.45) is 4.40 Å². The predicted octanol–water partition coefficient (Wildman–Crippen LogP) is 0.150. The zero-order valence-corrected chi connectivity index (χ0v) is 9.07. The second kappa shape index (κ2) is 4.98. The van der Waals surface area contributed by atoms with Crippen LogP contribution in [0.1, 0.15) is 15.6 Å². The minimum atomic E-state index is -1.48. The van der Waals surface area contributed by atoms with Gasteiger partial charge in [0.1, 0.15) is 11.7 Å². The first-order valence-electron chi connectivity index (χ1n) is 3.51. The lowest BCUT2D eigenvalue weighted by molar-refractivity contribution is 0.304. The Morgan fingerprint density at radius 2 is 2.29 bits per heavy atom. The molecule has 7 nitrogen and oxygen atoms in total. The number of hydroxylamine groups is 1. The Labute approximate surface area is 89.1 Å². The average Bonchev–Trinajstić information content (AvgIpc) is 2.63. The quantitative estimate of drug-likeness (QED) is 0.673. The van der Waals surface area contributed by atoms with Gasteiger partial charge in [-0.1, -0.05) is 0 Å². The van der Waals surface area contributed by atoms with Crippen LogP contribution in [-0.2, 0) is 15.6 Å². The Kier molecular flexibility index (Phi) is 3.92. The van der Waals surface area contributed by atoms with E-state index in [9.17, 15) is 9.00 Å². The fraction of sp³-hybridized carbons (Fsp3) is 0.400. The summed E-state index contributed by atoms with van der Waals surface area (Å²) in [6.45, 7) is 3.42. The van der Waals surface area contributed by atoms with E-state index in [1.165, 1.54) is 0 Å². The van der Waals surface area contributed by atoms with Gasteiger partial charge in [0.15, 0.2) is 0 Å². The van der Waals surface area contributed by atoms with Crippen LogP contribution in [0.4, 0.5) is 0 Å². The maximum absolute atomic E-state index is 10.2. The first-order valence-corrected chi connectivity index (χ1v) is 5.31. The van der Waals surface area contributed by atoms with Crippen molar-refractivity contribution in [3.63, 3.8) is 0 Å². The summed E-state index contributed by atoms with van der Waals surface area (Å²) < 4.78 is 21.5. The summed E-state index contributed by atoms with van der Waals surface area (Å²) in [6.07, 6.45) is 0. The van der Waals surface area contributed by atoms with Gasteiger partial charge in [0, 0.05) is 14.4 Å². The van der Waals surface area contributed by atoms with E-state index in [4.69, 9.17) is 0 Å². The van der Waals surface area contributed by atoms with Crippen molar-refractivity contribution in [3.8, 4) is 0 Å². The normalized spacial score (nSPS) is 19.3. The number of nitrogens with one attached hydrogen (secondary N) is 2. The molecule has 0 aliphatic carbocycles. The summed E-state index contributed by atoms with van der Waals surface area (Å²) in [5, 5.41) is 0. The van der Waals surface area contributed by atoms with Gasteiger partial charge in [0.05, 0.1) is 0 Å². The Balaban J connectivity index is 0. The van der Waals surface area contributed by atoms with Crippen LogP contribution in [0.2, 0.25) is 0 Å². The summed E-state index contributed by atoms with van der Waals surface area (Å²) in [5.74, 6) is 1.24. The molecule has 0 amide bonds. The third-order valence-electron chi connectivity index (χ3n) is 1.02. The molecular formula is C5H12N4O3S2. The number of hydrogen-bond donors (Lipinski definition) is 2. The highest BCUT2D eigenvalue weighted by molar-refractivity contribution is 7.79. The monoisotopic (exact) mass is 240 g/mol. The van der Waals surface area contributed by atoms with Crippen LogP contribution in [0.5, 0.6) is 0 Å². The molecule has 0 bridgehead atoms. The summed E-state index contributed by atoms with van der Waals surface area (Å²) in [7, 11) is 0. The molecule has 2 rings (SSSR count). The largest absolute Gasteiger partial charge is 0.323 e. The predicted molar refractivity (Wildman–Crippen MR) is 57.2 cm³/mol. The molecule has 2 N–H and O–H groups in total. The van der Waals surface area contributed by atoms with Crippen LogP contribution in [-0.4, -0.2) is 19.4 Å². The van der Waals surface area contributed by atoms with Crippen molar-refractivity contribution in [2.75, 3.05) is 0 Å². The molecule has 14 heavy (non-hydrogen) atoms. The minimum absolute atomic E-state index is 0. The van der Waals surface area contributed by atoms with Gasteiger partial charge in [-0.25, -0.2) is 9.69 Å². The molecule has 0 saturated carbocycles. The van der Waals surface area contributed by atoms with E-state index in [0.29, 0.717) is 11.7 Å². The number of H-pyrrole nitrogens is 1. The Hall–Kier alpha value is -1.06. The molecule has 1 aliphatic heterocycles. The van der Waals surface area contributed by atoms with Crippen molar-refractivity contribution in [3.05, 3.63) is 15.5 Å². The van der Waals surface area contributed by atoms with E-state index in [0.717, 1.165) is 11.5 Å². The number of rotatable bonds is 0. The lowest BCUT2D eigenvalue weighted by Gasteiger charge is -1.83. The van der Waals surface area contributed by atoms with Crippen molar-refractivity contribution in [1.29, 1.82) is 0 Å². The second-order valence-corrected chi connectivity index (χ2v) is 3.78. The number of nitrogens with zero attached hydrogens (tertiary/aromatic N) is 2. The van der Waals surface area contributed by atoms with E-state index in [2.05, 4.69) is 23.5 Å². The molecule has 1 aromatic rings. The van der Waals surface area contributed by atoms with E-state index in [1.54, 1.807) is 13.8 Å². The van der Waals surface area contributed by atoms with Crippen LogP contribution in [0, 0.1) is 6.92 Å². The van der Waals surface area contributed by atoms with Crippen molar-refractivity contribution < 1.29 is 11.3 Å². The van der Waals surface area contributed by atoms with Gasteiger partial charge in [-0.15, -0.1) is 4.40 Å². The van der Waals surface area contributed by atoms with E-state index < -0.39 is 11.3 Å². The summed E-state index contributed by atoms with van der Waals surface area (Å²) in [4.78, 5) is 12.6. The molecule has 2 heterocycles. The van der Waals surface area contributed by atoms with Gasteiger partial charge >= 0.3 is 16.1 Å². The molecule has 1 atom stereocenters. The molecule has 0 spiro atoms. The second-order valence-electron chi connectivity index (χ2n) is 2.26. The Morgan fingerprint density at radius 1 is 1.57 bits per heavy atom. The third kappa shape index (κ3) is 3.77. The first-order chi connectivity index (χ1) is 6.58. The average molecular weight is 240 g/mol. The molecular weight excluding hydrogens is 228 g/mol. The molecule has 9 heteroatoms. The lowest BCUT2D eigenvalue weighted by Crippen LogP contribution is -2.11. The molecule has 0 saturated heterocycles. The maximum Gasteiger partial charge on any atom is 0.323 e. The van der Waals surface area contributed by atoms with Gasteiger partial charge < -0.3 is 0 Å². The van der Waals surface area contributed by atoms with Crippen molar-refractivity contribution >= 4 is 28.6 Å². The van der Waals surface area contributed by atoms with Gasteiger partial charge in [-0.05, 0) is 13.8 Å². The van der Waals surface area contributed by atoms with Gasteiger partial charge in [-0.3, -0.25) is 9.78 Å². The van der Waals surface area contributed by atoms with Crippen LogP contribution in [0.25, 0.3) is 0 Å². The highest BCUT2D eigenvalue weighted by Gasteiger charge is 2.05. The van der Waals surface area contributed by atoms with Crippen molar-refractivity contribution in [2.45, 2.75) is 13.8 Å². The maximum atomic E-state index is 10.2. The van der Waals surface area contributed by atoms with Crippen LogP contribution in [0.15, 0.2) is 9.19 Å². The summed E-state index contributed by atoms with van der Waals surface area (Å²) >= 11 is -0.533. The van der Waals surface area contributed by atoms with Gasteiger partial charge in [0.2, 0.25) is 0 Å². The molecule has 1 unspecified atom stereocenters. The Morgan fingerprint density at radius 3 is 2.43 bits per heavy atom. The topological polar surface area (TPSA) is 96.4 Å². The molecule has 0 radical (unpaired) electrons. The third-order valence-corrected chi connectivity index (χ3v) is 2.30. The highest BCUT2D eigenvalue weighted by atomic mass is 32.2. The lowest BCUT2D eigenvalue weighted by atomic mass is 10.7. The molecule has 82 valence electrons. The number of aromatic nitrogens is 2. The summed E-state index contributed by atoms with van der Waals surface area (Å²) in [5.41, 5.74) is 2.32. The zero-order valence-electron chi connectivity index (χ0n) is 7.44. The van der Waals surface area contributed by atoms with Crippen LogP contribution in [0.3, 0.4) is 0 Å². The smallest absolute Gasteiger partial charge is 0.300 e. The van der Waals surface area contributed by atoms with Crippen molar-refractivity contribution in [1.82, 2.24) is 14.8 Å². The number of aryl methyl sites for hydroxylation is 1. The molecule has 1 aliphatic rings. The van der Waals surface area contributed by atoms with Crippen LogP contribution < -0.4 is 10.4 Å². The fourth-order valence-electron chi connectivity index (χ4n) is 0.548. The zero-order chi connectivity index (χ0) is 10.6. The summed E-state index contributed by atoms with van der Waals surface area (Å²) in [6, 6.07) is 0. The Bertz CT molecular complexity index is 418. The number of amidine groups is 1. The van der Waals surface area contributed by atoms with E-state index in [-0.39, 0.29) is 7.73 Å². The SMILES string of the molecule is CC1=NS(=O)ON1.Cc1nsc(=O)[nH]1.[HH].[HH]. The standard InChI is InChI=1S/C3H4N2OS.C2H4N2O2S.2H2/c1-2-4-3(6)7-5-2;1-2-3-6-7(5)4-2;;/h1H3,(H,4,5,6);1H3,(H,3,4);2*1H.